The third-order valence-corrected chi connectivity index (χ3v) is 15.9. The molecule has 1 unspecified atom stereocenters. The van der Waals surface area contributed by atoms with E-state index < -0.39 is 18.5 Å². The highest BCUT2D eigenvalue weighted by molar-refractivity contribution is 7.90. The van der Waals surface area contributed by atoms with Crippen molar-refractivity contribution in [2.45, 2.75) is 70.6 Å². The summed E-state index contributed by atoms with van der Waals surface area (Å²) in [5.74, 6) is 0.357. The standard InChI is InChI=1S/C30H45ClN6O5SSi/c1-30(2,3)44(4,5)42-18-16-36(25-10-8-23(19-32)9-11-25)43(39,40)35-14-12-26(13-15-35)37-29(38)28(31)27(21-34-37)33-20-24-7-6-17-41-22-24/h8-11,21,24,26,33H,6-7,12-18,20,22H2,1-5H3. The number of aromatic nitrogens is 2. The Kier molecular flexibility index (Phi) is 11.2. The lowest BCUT2D eigenvalue weighted by atomic mass is 10.0. The molecule has 14 heteroatoms. The van der Waals surface area contributed by atoms with Crippen LogP contribution in [-0.2, 0) is 19.4 Å². The zero-order chi connectivity index (χ0) is 32.1. The molecule has 2 fully saturated rings. The molecule has 2 aliphatic rings. The minimum Gasteiger partial charge on any atom is -0.415 e. The van der Waals surface area contributed by atoms with Crippen LogP contribution in [0.2, 0.25) is 23.2 Å². The minimum absolute atomic E-state index is 0.0132. The molecule has 3 heterocycles. The van der Waals surface area contributed by atoms with Crippen molar-refractivity contribution in [3.8, 4) is 6.07 Å². The van der Waals surface area contributed by atoms with Gasteiger partial charge in [0.15, 0.2) is 8.32 Å². The van der Waals surface area contributed by atoms with Crippen LogP contribution in [0, 0.1) is 17.2 Å². The van der Waals surface area contributed by atoms with Crippen LogP contribution in [0.1, 0.15) is 58.1 Å². The summed E-state index contributed by atoms with van der Waals surface area (Å²) in [5, 5.41) is 17.0. The van der Waals surface area contributed by atoms with Crippen molar-refractivity contribution in [2.75, 3.05) is 55.6 Å². The number of nitrogens with one attached hydrogen (secondary N) is 1. The van der Waals surface area contributed by atoms with E-state index in [1.54, 1.807) is 30.5 Å². The number of hydrogen-bond donors (Lipinski definition) is 1. The molecule has 2 aliphatic heterocycles. The Morgan fingerprint density at radius 3 is 2.48 bits per heavy atom. The Balaban J connectivity index is 1.45. The Labute approximate surface area is 267 Å². The highest BCUT2D eigenvalue weighted by Gasteiger charge is 2.38. The van der Waals surface area contributed by atoms with Crippen LogP contribution in [0.4, 0.5) is 11.4 Å². The fraction of sp³-hybridized carbons (Fsp3) is 0.633. The first-order chi connectivity index (χ1) is 20.7. The first-order valence-corrected chi connectivity index (χ1v) is 19.9. The molecule has 0 radical (unpaired) electrons. The van der Waals surface area contributed by atoms with Crippen LogP contribution in [0.15, 0.2) is 35.3 Å². The molecule has 0 saturated carbocycles. The average Bonchev–Trinajstić information content (AvgIpc) is 3.00. The van der Waals surface area contributed by atoms with E-state index in [4.69, 9.17) is 20.8 Å². The summed E-state index contributed by atoms with van der Waals surface area (Å²) in [5.41, 5.74) is 1.03. The number of anilines is 2. The molecule has 1 atom stereocenters. The largest absolute Gasteiger partial charge is 0.415 e. The van der Waals surface area contributed by atoms with Gasteiger partial charge in [-0.05, 0) is 74.0 Å². The number of hydrogen-bond acceptors (Lipinski definition) is 8. The van der Waals surface area contributed by atoms with Crippen molar-refractivity contribution < 1.29 is 17.6 Å². The van der Waals surface area contributed by atoms with E-state index in [-0.39, 0.29) is 47.9 Å². The van der Waals surface area contributed by atoms with Gasteiger partial charge >= 0.3 is 10.2 Å². The van der Waals surface area contributed by atoms with E-state index >= 15 is 0 Å². The summed E-state index contributed by atoms with van der Waals surface area (Å²) in [6, 6.07) is 8.33. The third kappa shape index (κ3) is 8.02. The van der Waals surface area contributed by atoms with Crippen LogP contribution in [0.5, 0.6) is 0 Å². The van der Waals surface area contributed by atoms with E-state index in [2.05, 4.69) is 50.3 Å². The van der Waals surface area contributed by atoms with E-state index in [0.717, 1.165) is 19.4 Å². The molecule has 0 bridgehead atoms. The summed E-state index contributed by atoms with van der Waals surface area (Å²) in [6.45, 7) is 13.6. The van der Waals surface area contributed by atoms with E-state index in [9.17, 15) is 18.5 Å². The van der Waals surface area contributed by atoms with Crippen LogP contribution in [0.3, 0.4) is 0 Å². The highest BCUT2D eigenvalue weighted by atomic mass is 35.5. The molecule has 1 aromatic heterocycles. The molecular weight excluding hydrogens is 620 g/mol. The monoisotopic (exact) mass is 664 g/mol. The molecule has 0 aliphatic carbocycles. The van der Waals surface area contributed by atoms with Gasteiger partial charge in [0, 0.05) is 26.2 Å². The van der Waals surface area contributed by atoms with E-state index in [1.807, 2.05) is 0 Å². The number of benzene rings is 1. The molecule has 4 rings (SSSR count). The maximum atomic E-state index is 14.0. The Morgan fingerprint density at radius 2 is 1.89 bits per heavy atom. The number of nitriles is 1. The molecule has 11 nitrogen and oxygen atoms in total. The molecular formula is C30H45ClN6O5SSi. The van der Waals surface area contributed by atoms with Crippen molar-refractivity contribution >= 4 is 41.5 Å². The Morgan fingerprint density at radius 1 is 1.20 bits per heavy atom. The number of nitrogens with zero attached hydrogens (tertiary/aromatic N) is 5. The Hall–Kier alpha value is -2.47. The molecule has 1 N–H and O–H groups in total. The topological polar surface area (TPSA) is 130 Å². The van der Waals surface area contributed by atoms with Gasteiger partial charge in [0.1, 0.15) is 5.02 Å². The van der Waals surface area contributed by atoms with Crippen molar-refractivity contribution in [3.63, 3.8) is 0 Å². The zero-order valence-corrected chi connectivity index (χ0v) is 29.0. The summed E-state index contributed by atoms with van der Waals surface area (Å²) in [6.07, 6.45) is 4.48. The summed E-state index contributed by atoms with van der Waals surface area (Å²) >= 11 is 6.47. The maximum Gasteiger partial charge on any atom is 0.304 e. The fourth-order valence-electron chi connectivity index (χ4n) is 5.19. The van der Waals surface area contributed by atoms with Crippen LogP contribution >= 0.6 is 11.6 Å². The fourth-order valence-corrected chi connectivity index (χ4v) is 8.07. The highest BCUT2D eigenvalue weighted by Crippen LogP contribution is 2.36. The second-order valence-corrected chi connectivity index (χ2v) is 20.1. The van der Waals surface area contributed by atoms with Gasteiger partial charge in [0.25, 0.3) is 5.56 Å². The lowest BCUT2D eigenvalue weighted by Crippen LogP contribution is -2.50. The summed E-state index contributed by atoms with van der Waals surface area (Å²) < 4.78 is 44.1. The van der Waals surface area contributed by atoms with Gasteiger partial charge in [-0.3, -0.25) is 9.10 Å². The van der Waals surface area contributed by atoms with Crippen LogP contribution < -0.4 is 15.2 Å². The van der Waals surface area contributed by atoms with Gasteiger partial charge in [-0.1, -0.05) is 32.4 Å². The second kappa shape index (κ2) is 14.3. The van der Waals surface area contributed by atoms with Gasteiger partial charge in [0.05, 0.1) is 55.0 Å². The maximum absolute atomic E-state index is 14.0. The van der Waals surface area contributed by atoms with Gasteiger partial charge < -0.3 is 14.5 Å². The van der Waals surface area contributed by atoms with Gasteiger partial charge in [-0.25, -0.2) is 4.68 Å². The second-order valence-electron chi connectivity index (χ2n) is 13.1. The predicted octanol–water partition coefficient (Wildman–Crippen LogP) is 5.02. The first-order valence-electron chi connectivity index (χ1n) is 15.3. The van der Waals surface area contributed by atoms with E-state index in [0.29, 0.717) is 48.8 Å². The lowest BCUT2D eigenvalue weighted by molar-refractivity contribution is 0.0595. The number of piperidine rings is 1. The van der Waals surface area contributed by atoms with Crippen molar-refractivity contribution in [3.05, 3.63) is 51.4 Å². The molecule has 2 saturated heterocycles. The number of halogens is 1. The average molecular weight is 665 g/mol. The van der Waals surface area contributed by atoms with Crippen LogP contribution in [-0.4, -0.2) is 76.8 Å². The van der Waals surface area contributed by atoms with E-state index in [1.165, 1.54) is 13.3 Å². The molecule has 242 valence electrons. The molecule has 44 heavy (non-hydrogen) atoms. The quantitative estimate of drug-likeness (QED) is 0.332. The normalized spacial score (nSPS) is 19.0. The number of rotatable bonds is 11. The van der Waals surface area contributed by atoms with Gasteiger partial charge in [-0.2, -0.15) is 23.1 Å². The van der Waals surface area contributed by atoms with Crippen molar-refractivity contribution in [1.82, 2.24) is 14.1 Å². The van der Waals surface area contributed by atoms with Gasteiger partial charge in [-0.15, -0.1) is 0 Å². The van der Waals surface area contributed by atoms with Crippen LogP contribution in [0.25, 0.3) is 0 Å². The Bertz CT molecular complexity index is 1480. The summed E-state index contributed by atoms with van der Waals surface area (Å²) in [4.78, 5) is 13.2. The predicted molar refractivity (Wildman–Crippen MR) is 176 cm³/mol. The number of ether oxygens (including phenoxy) is 1. The zero-order valence-electron chi connectivity index (χ0n) is 26.4. The molecule has 0 amide bonds. The third-order valence-electron chi connectivity index (χ3n) is 9.00. The first kappa shape index (κ1) is 34.4. The molecule has 2 aromatic rings. The molecule has 1 aromatic carbocycles. The van der Waals surface area contributed by atoms with Crippen molar-refractivity contribution in [2.24, 2.45) is 5.92 Å². The smallest absolute Gasteiger partial charge is 0.304 e. The summed E-state index contributed by atoms with van der Waals surface area (Å²) in [7, 11) is -6.03. The van der Waals surface area contributed by atoms with Gasteiger partial charge in [0.2, 0.25) is 0 Å². The van der Waals surface area contributed by atoms with Crippen molar-refractivity contribution in [1.29, 1.82) is 5.26 Å². The minimum atomic E-state index is -3.93. The SMILES string of the molecule is CC(C)(C)[Si](C)(C)OCCN(c1ccc(C#N)cc1)S(=O)(=O)N1CCC(n2ncc(NCC3CCCOC3)c(Cl)c2=O)CC1. The molecule has 0 spiro atoms. The lowest BCUT2D eigenvalue weighted by Gasteiger charge is -2.38.